The van der Waals surface area contributed by atoms with Gasteiger partial charge in [0.05, 0.1) is 28.5 Å². The minimum Gasteiger partial charge on any atom is -0.384 e. The number of imide groups is 1. The molecule has 0 aliphatic carbocycles. The Morgan fingerprint density at radius 3 is 2.70 bits per heavy atom. The molecule has 4 N–H and O–H groups in total. The molecule has 1 aliphatic rings. The number of benzene rings is 1. The molecule has 0 atom stereocenters. The lowest BCUT2D eigenvalue weighted by molar-refractivity contribution is 0.0880. The molecule has 2 aromatic heterocycles. The molecule has 8 heteroatoms. The van der Waals surface area contributed by atoms with Gasteiger partial charge in [-0.05, 0) is 24.6 Å². The summed E-state index contributed by atoms with van der Waals surface area (Å²) in [5, 5.41) is 9.74. The van der Waals surface area contributed by atoms with Crippen molar-refractivity contribution in [3.8, 4) is 5.69 Å². The quantitative estimate of drug-likeness (QED) is 0.564. The van der Waals surface area contributed by atoms with E-state index >= 15 is 0 Å². The summed E-state index contributed by atoms with van der Waals surface area (Å²) >= 11 is 0. The fourth-order valence-corrected chi connectivity index (χ4v) is 2.86. The fourth-order valence-electron chi connectivity index (χ4n) is 2.86. The van der Waals surface area contributed by atoms with Gasteiger partial charge in [-0.15, -0.1) is 0 Å². The summed E-state index contributed by atoms with van der Waals surface area (Å²) in [6, 6.07) is 4.72. The number of hydrogen-bond donors (Lipinski definition) is 3. The van der Waals surface area contributed by atoms with Crippen LogP contribution in [0.1, 0.15) is 26.3 Å². The number of nitrogen functional groups attached to an aromatic ring is 1. The predicted octanol–water partition coefficient (Wildman–Crippen LogP) is 0.488. The third-order valence-corrected chi connectivity index (χ3v) is 3.95. The van der Waals surface area contributed by atoms with E-state index in [9.17, 15) is 14.4 Å². The standard InChI is InChI=1S/C15H11N5O3/c1-6-2-9-7(5-17-19-9)3-10(6)20-11(21)4-8-12(13(20)16)15(23)18-14(8)22/h2-5H,16H2,1H3,(H,17,19)(H,18,22,23). The number of carbonyl (C=O) groups excluding carboxylic acids is 2. The van der Waals surface area contributed by atoms with Crippen molar-refractivity contribution in [1.29, 1.82) is 0 Å². The molecular formula is C15H11N5O3. The number of amides is 2. The zero-order valence-corrected chi connectivity index (χ0v) is 12.0. The van der Waals surface area contributed by atoms with E-state index in [4.69, 9.17) is 5.73 Å². The van der Waals surface area contributed by atoms with Crippen LogP contribution in [-0.4, -0.2) is 26.6 Å². The zero-order chi connectivity index (χ0) is 16.3. The number of aromatic amines is 1. The normalized spacial score (nSPS) is 13.4. The van der Waals surface area contributed by atoms with Crippen LogP contribution in [0.4, 0.5) is 5.82 Å². The molecule has 3 heterocycles. The summed E-state index contributed by atoms with van der Waals surface area (Å²) in [6.07, 6.45) is 1.63. The van der Waals surface area contributed by atoms with E-state index in [2.05, 4.69) is 15.5 Å². The van der Waals surface area contributed by atoms with Gasteiger partial charge in [0, 0.05) is 11.5 Å². The van der Waals surface area contributed by atoms with Gasteiger partial charge < -0.3 is 5.73 Å². The van der Waals surface area contributed by atoms with Crippen LogP contribution in [0.3, 0.4) is 0 Å². The van der Waals surface area contributed by atoms with E-state index in [0.717, 1.165) is 22.5 Å². The Hall–Kier alpha value is -3.42. The molecule has 0 unspecified atom stereocenters. The molecule has 0 radical (unpaired) electrons. The number of rotatable bonds is 1. The molecule has 0 saturated carbocycles. The molecule has 0 saturated heterocycles. The SMILES string of the molecule is Cc1cc2[nH]ncc2cc1-n1c(N)c2c(cc1=O)C(=O)NC2=O. The van der Waals surface area contributed by atoms with E-state index in [1.165, 1.54) is 4.57 Å². The van der Waals surface area contributed by atoms with E-state index in [1.807, 2.05) is 13.0 Å². The second-order valence-corrected chi connectivity index (χ2v) is 5.37. The first-order valence-electron chi connectivity index (χ1n) is 6.82. The Bertz CT molecular complexity index is 1080. The van der Waals surface area contributed by atoms with E-state index in [1.54, 1.807) is 12.3 Å². The summed E-state index contributed by atoms with van der Waals surface area (Å²) in [6.45, 7) is 1.82. The summed E-state index contributed by atoms with van der Waals surface area (Å²) < 4.78 is 1.23. The molecular weight excluding hydrogens is 298 g/mol. The van der Waals surface area contributed by atoms with Gasteiger partial charge in [0.25, 0.3) is 17.4 Å². The maximum atomic E-state index is 12.4. The number of nitrogens with one attached hydrogen (secondary N) is 2. The topological polar surface area (TPSA) is 123 Å². The lowest BCUT2D eigenvalue weighted by atomic mass is 10.1. The molecule has 1 aromatic carbocycles. The first-order valence-corrected chi connectivity index (χ1v) is 6.82. The van der Waals surface area contributed by atoms with Gasteiger partial charge in [-0.1, -0.05) is 0 Å². The molecule has 0 bridgehead atoms. The van der Waals surface area contributed by atoms with Gasteiger partial charge in [0.1, 0.15) is 5.82 Å². The average Bonchev–Trinajstić information content (AvgIpc) is 3.03. The number of aromatic nitrogens is 3. The molecule has 0 fully saturated rings. The molecule has 4 rings (SSSR count). The van der Waals surface area contributed by atoms with Crippen LogP contribution in [0, 0.1) is 6.92 Å². The Balaban J connectivity index is 2.08. The van der Waals surface area contributed by atoms with Gasteiger partial charge in [-0.25, -0.2) is 0 Å². The third-order valence-electron chi connectivity index (χ3n) is 3.95. The van der Waals surface area contributed by atoms with Crippen LogP contribution in [0.5, 0.6) is 0 Å². The van der Waals surface area contributed by atoms with Crippen molar-refractivity contribution in [2.45, 2.75) is 6.92 Å². The molecule has 23 heavy (non-hydrogen) atoms. The van der Waals surface area contributed by atoms with Crippen molar-refractivity contribution in [3.63, 3.8) is 0 Å². The third kappa shape index (κ3) is 1.71. The lowest BCUT2D eigenvalue weighted by Gasteiger charge is -2.14. The maximum absolute atomic E-state index is 12.4. The number of nitrogens with zero attached hydrogens (tertiary/aromatic N) is 2. The summed E-state index contributed by atoms with van der Waals surface area (Å²) in [5.74, 6) is -1.26. The Morgan fingerprint density at radius 2 is 1.91 bits per heavy atom. The van der Waals surface area contributed by atoms with Crippen LogP contribution < -0.4 is 16.6 Å². The van der Waals surface area contributed by atoms with Crippen molar-refractivity contribution in [2.75, 3.05) is 5.73 Å². The molecule has 1 aliphatic heterocycles. The van der Waals surface area contributed by atoms with Gasteiger partial charge in [0.15, 0.2) is 0 Å². The first kappa shape index (κ1) is 13.3. The first-order chi connectivity index (χ1) is 11.0. The highest BCUT2D eigenvalue weighted by Gasteiger charge is 2.32. The Kier molecular flexibility index (Phi) is 2.47. The molecule has 0 spiro atoms. The smallest absolute Gasteiger partial charge is 0.262 e. The minimum absolute atomic E-state index is 0.00999. The van der Waals surface area contributed by atoms with Crippen molar-refractivity contribution in [1.82, 2.24) is 20.1 Å². The van der Waals surface area contributed by atoms with Crippen LogP contribution in [0.15, 0.2) is 29.2 Å². The van der Waals surface area contributed by atoms with Crippen molar-refractivity contribution >= 4 is 28.5 Å². The predicted molar refractivity (Wildman–Crippen MR) is 82.6 cm³/mol. The number of carbonyl (C=O) groups is 2. The number of pyridine rings is 1. The van der Waals surface area contributed by atoms with E-state index < -0.39 is 17.4 Å². The molecule has 2 amide bonds. The molecule has 114 valence electrons. The summed E-state index contributed by atoms with van der Waals surface area (Å²) in [5.41, 5.74) is 7.74. The number of aryl methyl sites for hydroxylation is 1. The Labute approximate surface area is 128 Å². The minimum atomic E-state index is -0.608. The van der Waals surface area contributed by atoms with Crippen molar-refractivity contribution < 1.29 is 9.59 Å². The van der Waals surface area contributed by atoms with E-state index in [0.29, 0.717) is 5.69 Å². The second-order valence-electron chi connectivity index (χ2n) is 5.37. The fraction of sp³-hybridized carbons (Fsp3) is 0.0667. The largest absolute Gasteiger partial charge is 0.384 e. The van der Waals surface area contributed by atoms with Gasteiger partial charge in [-0.3, -0.25) is 29.4 Å². The van der Waals surface area contributed by atoms with Gasteiger partial charge >= 0.3 is 0 Å². The highest BCUT2D eigenvalue weighted by atomic mass is 16.2. The van der Waals surface area contributed by atoms with Crippen molar-refractivity contribution in [2.24, 2.45) is 0 Å². The lowest BCUT2D eigenvalue weighted by Crippen LogP contribution is -2.24. The van der Waals surface area contributed by atoms with Gasteiger partial charge in [-0.2, -0.15) is 5.10 Å². The number of anilines is 1. The van der Waals surface area contributed by atoms with Crippen LogP contribution in [0.2, 0.25) is 0 Å². The Morgan fingerprint density at radius 1 is 1.13 bits per heavy atom. The highest BCUT2D eigenvalue weighted by molar-refractivity contribution is 6.23. The van der Waals surface area contributed by atoms with Crippen LogP contribution in [0.25, 0.3) is 16.6 Å². The van der Waals surface area contributed by atoms with Gasteiger partial charge in [0.2, 0.25) is 0 Å². The maximum Gasteiger partial charge on any atom is 0.262 e. The number of hydrogen-bond acceptors (Lipinski definition) is 5. The zero-order valence-electron chi connectivity index (χ0n) is 12.0. The number of H-pyrrole nitrogens is 1. The van der Waals surface area contributed by atoms with Crippen molar-refractivity contribution in [3.05, 3.63) is 51.4 Å². The second kappa shape index (κ2) is 4.29. The number of nitrogens with two attached hydrogens (primary N) is 1. The summed E-state index contributed by atoms with van der Waals surface area (Å²) in [7, 11) is 0. The monoisotopic (exact) mass is 309 g/mol. The van der Waals surface area contributed by atoms with Crippen LogP contribution >= 0.6 is 0 Å². The average molecular weight is 309 g/mol. The summed E-state index contributed by atoms with van der Waals surface area (Å²) in [4.78, 5) is 36.0. The van der Waals surface area contributed by atoms with Crippen LogP contribution in [-0.2, 0) is 0 Å². The van der Waals surface area contributed by atoms with E-state index in [-0.39, 0.29) is 16.9 Å². The highest BCUT2D eigenvalue weighted by Crippen LogP contribution is 2.26. The molecule has 3 aromatic rings. The number of fused-ring (bicyclic) bond motifs is 2. The molecule has 8 nitrogen and oxygen atoms in total.